The van der Waals surface area contributed by atoms with E-state index in [1.54, 1.807) is 24.4 Å². The number of fused-ring (bicyclic) bond motifs is 1. The maximum atomic E-state index is 13.1. The Labute approximate surface area is 179 Å². The summed E-state index contributed by atoms with van der Waals surface area (Å²) in [6.45, 7) is -0.0364. The van der Waals surface area contributed by atoms with Crippen molar-refractivity contribution in [2.45, 2.75) is 31.6 Å². The fourth-order valence-electron chi connectivity index (χ4n) is 3.77. The average molecular weight is 445 g/mol. The molecule has 166 valence electrons. The van der Waals surface area contributed by atoms with Gasteiger partial charge in [-0.15, -0.1) is 0 Å². The molecule has 4 rings (SSSR count). The van der Waals surface area contributed by atoms with Gasteiger partial charge in [-0.05, 0) is 36.2 Å². The number of aromatic nitrogens is 1. The van der Waals surface area contributed by atoms with E-state index in [4.69, 9.17) is 0 Å². The van der Waals surface area contributed by atoms with Gasteiger partial charge in [0.2, 0.25) is 11.8 Å². The summed E-state index contributed by atoms with van der Waals surface area (Å²) in [5.41, 5.74) is -0.891. The average Bonchev–Trinajstić information content (AvgIpc) is 3.07. The number of nitrogens with one attached hydrogen (secondary N) is 2. The topological polar surface area (TPSA) is 100 Å². The van der Waals surface area contributed by atoms with Crippen molar-refractivity contribution in [2.75, 3.05) is 0 Å². The van der Waals surface area contributed by atoms with Gasteiger partial charge in [-0.1, -0.05) is 18.2 Å². The molecule has 3 amide bonds. The van der Waals surface area contributed by atoms with E-state index >= 15 is 0 Å². The van der Waals surface area contributed by atoms with Gasteiger partial charge < -0.3 is 15.0 Å². The maximum Gasteiger partial charge on any atom is 0.417 e. The summed E-state index contributed by atoms with van der Waals surface area (Å²) in [6.07, 6.45) is -2.68. The highest BCUT2D eigenvalue weighted by atomic mass is 19.4. The van der Waals surface area contributed by atoms with Gasteiger partial charge in [-0.25, -0.2) is 0 Å². The zero-order chi connectivity index (χ0) is 23.0. The quantitative estimate of drug-likeness (QED) is 0.537. The smallest absolute Gasteiger partial charge is 0.417 e. The van der Waals surface area contributed by atoms with Gasteiger partial charge >= 0.3 is 6.18 Å². The number of aromatic hydroxyl groups is 1. The number of alkyl halides is 3. The number of amides is 3. The summed E-state index contributed by atoms with van der Waals surface area (Å²) in [6, 6.07) is 8.67. The molecular weight excluding hydrogens is 427 g/mol. The highest BCUT2D eigenvalue weighted by molar-refractivity contribution is 6.00. The monoisotopic (exact) mass is 445 g/mol. The Balaban J connectivity index is 1.54. The molecule has 7 nitrogen and oxygen atoms in total. The van der Waals surface area contributed by atoms with Crippen molar-refractivity contribution in [3.05, 3.63) is 65.4 Å². The zero-order valence-corrected chi connectivity index (χ0v) is 16.6. The Bertz CT molecular complexity index is 1230. The summed E-state index contributed by atoms with van der Waals surface area (Å²) >= 11 is 0. The lowest BCUT2D eigenvalue weighted by atomic mass is 10.1. The standard InChI is InChI=1S/C22H18F3N3O4/c23-22(24,25)16-4-2-1-3-15(16)19(30)26-10-12-5-6-14-13(9-12)11-28(21(14)32)17-7-8-18(29)27-20(17)31/h1-6,9,11,17,32H,7-8,10H2,(H,26,30)(H,27,29,31). The van der Waals surface area contributed by atoms with E-state index in [-0.39, 0.29) is 31.2 Å². The fourth-order valence-corrected chi connectivity index (χ4v) is 3.77. The molecule has 10 heteroatoms. The zero-order valence-electron chi connectivity index (χ0n) is 16.6. The number of carbonyl (C=O) groups excluding carboxylic acids is 3. The summed E-state index contributed by atoms with van der Waals surface area (Å²) in [5, 5.41) is 16.3. The normalized spacial score (nSPS) is 16.8. The van der Waals surface area contributed by atoms with Gasteiger partial charge in [0.05, 0.1) is 11.1 Å². The van der Waals surface area contributed by atoms with Crippen molar-refractivity contribution in [2.24, 2.45) is 0 Å². The first-order chi connectivity index (χ1) is 15.1. The van der Waals surface area contributed by atoms with Gasteiger partial charge in [0.25, 0.3) is 5.91 Å². The first kappa shape index (κ1) is 21.4. The van der Waals surface area contributed by atoms with Crippen molar-refractivity contribution in [3.8, 4) is 5.88 Å². The number of hydrogen-bond acceptors (Lipinski definition) is 4. The number of rotatable bonds is 4. The number of piperidine rings is 1. The lowest BCUT2D eigenvalue weighted by Crippen LogP contribution is -2.41. The second kappa shape index (κ2) is 8.03. The summed E-state index contributed by atoms with van der Waals surface area (Å²) < 4.78 is 40.8. The lowest BCUT2D eigenvalue weighted by Gasteiger charge is -2.22. The predicted molar refractivity (Wildman–Crippen MR) is 108 cm³/mol. The van der Waals surface area contributed by atoms with Gasteiger partial charge in [0.1, 0.15) is 6.04 Å². The van der Waals surface area contributed by atoms with Crippen molar-refractivity contribution in [1.29, 1.82) is 0 Å². The van der Waals surface area contributed by atoms with Crippen LogP contribution < -0.4 is 10.6 Å². The SMILES string of the molecule is O=C1CCC(n2cc3cc(CNC(=O)c4ccccc4C(F)(F)F)ccc3c2O)C(=O)N1. The van der Waals surface area contributed by atoms with Crippen LogP contribution in [0, 0.1) is 0 Å². The summed E-state index contributed by atoms with van der Waals surface area (Å²) in [4.78, 5) is 35.8. The van der Waals surface area contributed by atoms with Crippen molar-refractivity contribution < 1.29 is 32.7 Å². The molecule has 2 aromatic carbocycles. The second-order valence-corrected chi connectivity index (χ2v) is 7.47. The van der Waals surface area contributed by atoms with Crippen LogP contribution in [0.5, 0.6) is 5.88 Å². The second-order valence-electron chi connectivity index (χ2n) is 7.47. The van der Waals surface area contributed by atoms with Crippen molar-refractivity contribution >= 4 is 28.5 Å². The molecule has 1 saturated heterocycles. The van der Waals surface area contributed by atoms with Gasteiger partial charge in [0, 0.05) is 29.9 Å². The molecule has 0 aliphatic carbocycles. The lowest BCUT2D eigenvalue weighted by molar-refractivity contribution is -0.138. The van der Waals surface area contributed by atoms with Crippen molar-refractivity contribution in [3.63, 3.8) is 0 Å². The number of hydrogen-bond donors (Lipinski definition) is 3. The first-order valence-corrected chi connectivity index (χ1v) is 9.75. The molecule has 1 aliphatic heterocycles. The highest BCUT2D eigenvalue weighted by Crippen LogP contribution is 2.34. The molecule has 2 heterocycles. The molecule has 3 aromatic rings. The molecule has 1 aromatic heterocycles. The van der Waals surface area contributed by atoms with E-state index < -0.39 is 35.2 Å². The van der Waals surface area contributed by atoms with Gasteiger partial charge in [-0.2, -0.15) is 13.2 Å². The van der Waals surface area contributed by atoms with E-state index in [0.717, 1.165) is 12.1 Å². The van der Waals surface area contributed by atoms with Crippen LogP contribution in [0.3, 0.4) is 0 Å². The minimum Gasteiger partial charge on any atom is -0.494 e. The fraction of sp³-hybridized carbons (Fsp3) is 0.227. The number of nitrogens with zero attached hydrogens (tertiary/aromatic N) is 1. The Morgan fingerprint density at radius 2 is 1.94 bits per heavy atom. The Hall–Kier alpha value is -3.82. The van der Waals surface area contributed by atoms with Crippen molar-refractivity contribution in [1.82, 2.24) is 15.2 Å². The molecule has 0 saturated carbocycles. The molecule has 0 radical (unpaired) electrons. The minimum absolute atomic E-state index is 0.0364. The largest absolute Gasteiger partial charge is 0.494 e. The Kier molecular flexibility index (Phi) is 5.37. The highest BCUT2D eigenvalue weighted by Gasteiger charge is 2.35. The molecule has 1 fully saturated rings. The van der Waals surface area contributed by atoms with E-state index in [9.17, 15) is 32.7 Å². The van der Waals surface area contributed by atoms with Crippen LogP contribution in [0.2, 0.25) is 0 Å². The molecule has 0 bridgehead atoms. The minimum atomic E-state index is -4.65. The van der Waals surface area contributed by atoms with E-state index in [1.165, 1.54) is 16.7 Å². The molecule has 32 heavy (non-hydrogen) atoms. The van der Waals surface area contributed by atoms with E-state index in [2.05, 4.69) is 10.6 Å². The van der Waals surface area contributed by atoms with E-state index in [1.807, 2.05) is 0 Å². The summed E-state index contributed by atoms with van der Waals surface area (Å²) in [5.74, 6) is -1.87. The molecule has 1 unspecified atom stereocenters. The molecular formula is C22H18F3N3O4. The molecule has 1 aliphatic rings. The predicted octanol–water partition coefficient (Wildman–Crippen LogP) is 3.27. The van der Waals surface area contributed by atoms with Gasteiger partial charge in [-0.3, -0.25) is 19.7 Å². The number of benzene rings is 2. The molecule has 1 atom stereocenters. The number of halogens is 3. The van der Waals surface area contributed by atoms with Gasteiger partial charge in [0.15, 0.2) is 5.88 Å². The van der Waals surface area contributed by atoms with Crippen LogP contribution in [-0.4, -0.2) is 27.4 Å². The van der Waals surface area contributed by atoms with Crippen LogP contribution >= 0.6 is 0 Å². The number of carbonyl (C=O) groups is 3. The van der Waals surface area contributed by atoms with Crippen LogP contribution in [0.15, 0.2) is 48.7 Å². The van der Waals surface area contributed by atoms with E-state index in [0.29, 0.717) is 16.3 Å². The molecule has 0 spiro atoms. The molecule has 3 N–H and O–H groups in total. The third-order valence-electron chi connectivity index (χ3n) is 5.36. The first-order valence-electron chi connectivity index (χ1n) is 9.75. The van der Waals surface area contributed by atoms with Crippen LogP contribution in [-0.2, 0) is 22.3 Å². The Morgan fingerprint density at radius 1 is 1.19 bits per heavy atom. The van der Waals surface area contributed by atoms with Crippen LogP contribution in [0.4, 0.5) is 13.2 Å². The van der Waals surface area contributed by atoms with Crippen LogP contribution in [0.25, 0.3) is 10.8 Å². The Morgan fingerprint density at radius 3 is 2.66 bits per heavy atom. The third kappa shape index (κ3) is 4.03. The number of imide groups is 1. The third-order valence-corrected chi connectivity index (χ3v) is 5.36. The summed E-state index contributed by atoms with van der Waals surface area (Å²) in [7, 11) is 0. The van der Waals surface area contributed by atoms with Crippen LogP contribution in [0.1, 0.15) is 40.4 Å². The maximum absolute atomic E-state index is 13.1.